The molecule has 3 rings (SSSR count). The summed E-state index contributed by atoms with van der Waals surface area (Å²) in [5.41, 5.74) is 6.26. The number of hydrazone groups is 1. The van der Waals surface area contributed by atoms with E-state index in [1.807, 2.05) is 30.3 Å². The van der Waals surface area contributed by atoms with E-state index in [0.29, 0.717) is 11.5 Å². The van der Waals surface area contributed by atoms with E-state index in [0.717, 1.165) is 26.7 Å². The zero-order valence-electron chi connectivity index (χ0n) is 18.8. The number of aryl methyl sites for hydroxylation is 1. The highest BCUT2D eigenvalue weighted by molar-refractivity contribution is 14.1. The topological polar surface area (TPSA) is 103 Å². The summed E-state index contributed by atoms with van der Waals surface area (Å²) in [6.07, 6.45) is 2.75. The molecule has 3 aromatic carbocycles. The van der Waals surface area contributed by atoms with E-state index >= 15 is 0 Å². The molecule has 0 bridgehead atoms. The van der Waals surface area contributed by atoms with Crippen LogP contribution in [0.15, 0.2) is 65.8 Å². The van der Waals surface area contributed by atoms with Crippen molar-refractivity contribution in [1.29, 1.82) is 0 Å². The normalized spacial score (nSPS) is 10.8. The summed E-state index contributed by atoms with van der Waals surface area (Å²) in [6, 6.07) is 17.7. The minimum absolute atomic E-state index is 0.0287. The average Bonchev–Trinajstić information content (AvgIpc) is 2.83. The second-order valence-corrected chi connectivity index (χ2v) is 8.55. The van der Waals surface area contributed by atoms with Gasteiger partial charge in [0.05, 0.1) is 28.2 Å². The van der Waals surface area contributed by atoms with Crippen LogP contribution in [0.1, 0.15) is 29.2 Å². The Morgan fingerprint density at radius 2 is 1.74 bits per heavy atom. The number of halogens is 1. The highest BCUT2D eigenvalue weighted by Gasteiger charge is 2.12. The molecule has 3 aromatic rings. The van der Waals surface area contributed by atoms with E-state index in [4.69, 9.17) is 9.47 Å². The number of hydrogen-bond donors (Lipinski definition) is 1. The first-order valence-electron chi connectivity index (χ1n) is 10.5. The Kier molecular flexibility index (Phi) is 8.97. The third kappa shape index (κ3) is 7.01. The summed E-state index contributed by atoms with van der Waals surface area (Å²) in [4.78, 5) is 22.5. The molecule has 0 fully saturated rings. The zero-order chi connectivity index (χ0) is 24.5. The van der Waals surface area contributed by atoms with Crippen LogP contribution in [-0.2, 0) is 24.2 Å². The van der Waals surface area contributed by atoms with Crippen LogP contribution < -0.4 is 14.9 Å². The number of methoxy groups -OCH3 is 1. The summed E-state index contributed by atoms with van der Waals surface area (Å²) in [6.45, 7) is 2.32. The van der Waals surface area contributed by atoms with Gasteiger partial charge in [-0.15, -0.1) is 0 Å². The molecule has 9 heteroatoms. The molecule has 1 N–H and O–H groups in total. The van der Waals surface area contributed by atoms with Crippen LogP contribution in [0.5, 0.6) is 11.5 Å². The molecule has 0 aliphatic rings. The van der Waals surface area contributed by atoms with E-state index in [-0.39, 0.29) is 24.6 Å². The van der Waals surface area contributed by atoms with Gasteiger partial charge in [0.25, 0.3) is 5.69 Å². The van der Waals surface area contributed by atoms with Gasteiger partial charge in [-0.2, -0.15) is 5.10 Å². The number of rotatable bonds is 10. The number of carbonyl (C=O) groups excluding carboxylic acids is 1. The number of benzene rings is 3. The first kappa shape index (κ1) is 25.2. The van der Waals surface area contributed by atoms with Crippen LogP contribution in [-0.4, -0.2) is 24.2 Å². The number of hydrogen-bond acceptors (Lipinski definition) is 6. The lowest BCUT2D eigenvalue weighted by Gasteiger charge is -2.13. The molecule has 8 nitrogen and oxygen atoms in total. The van der Waals surface area contributed by atoms with Crippen molar-refractivity contribution in [2.24, 2.45) is 5.10 Å². The van der Waals surface area contributed by atoms with Crippen molar-refractivity contribution in [1.82, 2.24) is 5.43 Å². The number of nitro groups is 1. The molecule has 0 aliphatic heterocycles. The van der Waals surface area contributed by atoms with Gasteiger partial charge in [0.15, 0.2) is 11.5 Å². The van der Waals surface area contributed by atoms with Crippen molar-refractivity contribution >= 4 is 40.4 Å². The van der Waals surface area contributed by atoms with Gasteiger partial charge in [0, 0.05) is 12.1 Å². The van der Waals surface area contributed by atoms with Gasteiger partial charge >= 0.3 is 0 Å². The maximum atomic E-state index is 12.2. The number of ether oxygens (including phenoxy) is 2. The molecule has 0 heterocycles. The van der Waals surface area contributed by atoms with Crippen molar-refractivity contribution in [3.63, 3.8) is 0 Å². The number of nitrogens with zero attached hydrogens (tertiary/aromatic N) is 2. The average molecular weight is 573 g/mol. The molecular weight excluding hydrogens is 549 g/mol. The monoisotopic (exact) mass is 573 g/mol. The summed E-state index contributed by atoms with van der Waals surface area (Å²) in [5.74, 6) is 0.862. The van der Waals surface area contributed by atoms with Gasteiger partial charge in [-0.25, -0.2) is 5.43 Å². The largest absolute Gasteiger partial charge is 0.493 e. The van der Waals surface area contributed by atoms with Crippen molar-refractivity contribution in [3.05, 3.63) is 96.6 Å². The van der Waals surface area contributed by atoms with Crippen LogP contribution in [0.2, 0.25) is 0 Å². The summed E-state index contributed by atoms with van der Waals surface area (Å²) in [5, 5.41) is 14.8. The van der Waals surface area contributed by atoms with Crippen molar-refractivity contribution in [2.75, 3.05) is 7.11 Å². The predicted molar refractivity (Wildman–Crippen MR) is 138 cm³/mol. The van der Waals surface area contributed by atoms with E-state index < -0.39 is 4.92 Å². The molecule has 0 radical (unpaired) electrons. The Morgan fingerprint density at radius 3 is 2.35 bits per heavy atom. The summed E-state index contributed by atoms with van der Waals surface area (Å²) >= 11 is 2.13. The van der Waals surface area contributed by atoms with E-state index in [1.165, 1.54) is 24.8 Å². The van der Waals surface area contributed by atoms with Crippen molar-refractivity contribution in [3.8, 4) is 11.5 Å². The number of amides is 1. The minimum atomic E-state index is -0.442. The first-order chi connectivity index (χ1) is 16.4. The molecule has 0 saturated carbocycles. The molecular formula is C25H24IN3O5. The fraction of sp³-hybridized carbons (Fsp3) is 0.200. The lowest BCUT2D eigenvalue weighted by Crippen LogP contribution is -2.19. The summed E-state index contributed by atoms with van der Waals surface area (Å²) < 4.78 is 12.2. The van der Waals surface area contributed by atoms with Crippen LogP contribution in [0, 0.1) is 13.7 Å². The molecule has 176 valence electrons. The lowest BCUT2D eigenvalue weighted by molar-refractivity contribution is -0.384. The van der Waals surface area contributed by atoms with Gasteiger partial charge in [-0.1, -0.05) is 31.2 Å². The van der Waals surface area contributed by atoms with Gasteiger partial charge in [0.2, 0.25) is 5.91 Å². The lowest BCUT2D eigenvalue weighted by atomic mass is 10.1. The van der Waals surface area contributed by atoms with Crippen LogP contribution >= 0.6 is 22.6 Å². The smallest absolute Gasteiger partial charge is 0.269 e. The van der Waals surface area contributed by atoms with E-state index in [9.17, 15) is 14.9 Å². The van der Waals surface area contributed by atoms with Crippen LogP contribution in [0.25, 0.3) is 0 Å². The molecule has 0 aromatic heterocycles. The molecule has 0 spiro atoms. The number of non-ortho nitro benzene ring substituents is 1. The Bertz CT molecular complexity index is 1180. The second kappa shape index (κ2) is 12.1. The fourth-order valence-corrected chi connectivity index (χ4v) is 3.90. The van der Waals surface area contributed by atoms with Gasteiger partial charge in [0.1, 0.15) is 6.61 Å². The number of nitro benzene ring substituents is 1. The van der Waals surface area contributed by atoms with E-state index in [2.05, 4.69) is 40.0 Å². The zero-order valence-corrected chi connectivity index (χ0v) is 20.9. The fourth-order valence-electron chi connectivity index (χ4n) is 3.12. The van der Waals surface area contributed by atoms with Crippen LogP contribution in [0.3, 0.4) is 0 Å². The Labute approximate surface area is 211 Å². The van der Waals surface area contributed by atoms with Gasteiger partial charge in [-0.3, -0.25) is 14.9 Å². The molecule has 34 heavy (non-hydrogen) atoms. The Morgan fingerprint density at radius 1 is 1.09 bits per heavy atom. The molecule has 0 saturated heterocycles. The summed E-state index contributed by atoms with van der Waals surface area (Å²) in [7, 11) is 1.54. The quantitative estimate of drug-likeness (QED) is 0.159. The van der Waals surface area contributed by atoms with E-state index in [1.54, 1.807) is 24.4 Å². The maximum Gasteiger partial charge on any atom is 0.269 e. The Hall–Kier alpha value is -3.47. The molecule has 1 amide bonds. The molecule has 0 unspecified atom stereocenters. The Balaban J connectivity index is 1.61. The number of carbonyl (C=O) groups is 1. The standard InChI is InChI=1S/C25H24IN3O5/c1-3-17-4-6-18(7-5-17)14-24(30)28-27-15-20-12-22(26)25(23(13-20)33-2)34-16-19-8-10-21(11-9-19)29(31)32/h4-13,15H,3,14,16H2,1-2H3,(H,28,30)/b27-15+. The third-order valence-electron chi connectivity index (χ3n) is 4.98. The van der Waals surface area contributed by atoms with Crippen molar-refractivity contribution < 1.29 is 19.2 Å². The number of nitrogens with one attached hydrogen (secondary N) is 1. The highest BCUT2D eigenvalue weighted by atomic mass is 127. The predicted octanol–water partition coefficient (Wildman–Crippen LogP) is 5.04. The molecule has 0 atom stereocenters. The first-order valence-corrected chi connectivity index (χ1v) is 11.6. The second-order valence-electron chi connectivity index (χ2n) is 7.39. The highest BCUT2D eigenvalue weighted by Crippen LogP contribution is 2.34. The SMILES string of the molecule is CCc1ccc(CC(=O)N/N=C/c2cc(I)c(OCc3ccc([N+](=O)[O-])cc3)c(OC)c2)cc1. The third-order valence-corrected chi connectivity index (χ3v) is 5.78. The molecule has 0 aliphatic carbocycles. The van der Waals surface area contributed by atoms with Gasteiger partial charge in [-0.05, 0) is 75.5 Å². The maximum absolute atomic E-state index is 12.2. The van der Waals surface area contributed by atoms with Crippen molar-refractivity contribution in [2.45, 2.75) is 26.4 Å². The van der Waals surface area contributed by atoms with Crippen LogP contribution in [0.4, 0.5) is 5.69 Å². The minimum Gasteiger partial charge on any atom is -0.493 e. The van der Waals surface area contributed by atoms with Gasteiger partial charge < -0.3 is 9.47 Å².